The molecule has 0 radical (unpaired) electrons. The Kier molecular flexibility index (Phi) is 4.56. The van der Waals surface area contributed by atoms with Crippen LogP contribution in [0.25, 0.3) is 5.69 Å². The van der Waals surface area contributed by atoms with Crippen LogP contribution in [-0.4, -0.2) is 38.1 Å². The number of ether oxygens (including phenoxy) is 1. The van der Waals surface area contributed by atoms with Crippen molar-refractivity contribution in [1.82, 2.24) is 20.2 Å². The number of rotatable bonds is 5. The number of nitrogens with zero attached hydrogens (tertiary/aromatic N) is 5. The summed E-state index contributed by atoms with van der Waals surface area (Å²) >= 11 is 0. The minimum atomic E-state index is -0.598. The molecule has 0 aliphatic heterocycles. The van der Waals surface area contributed by atoms with Gasteiger partial charge < -0.3 is 10.1 Å². The van der Waals surface area contributed by atoms with Crippen LogP contribution in [0.15, 0.2) is 42.7 Å². The molecule has 0 fully saturated rings. The van der Waals surface area contributed by atoms with Gasteiger partial charge in [-0.3, -0.25) is 14.9 Å². The number of aryl methyl sites for hydroxylation is 1. The Bertz CT molecular complexity index is 971. The Morgan fingerprint density at radius 2 is 2.08 bits per heavy atom. The van der Waals surface area contributed by atoms with Crippen LogP contribution in [0.5, 0.6) is 5.75 Å². The lowest BCUT2D eigenvalue weighted by Gasteiger charge is -2.11. The van der Waals surface area contributed by atoms with Gasteiger partial charge in [0.05, 0.1) is 17.7 Å². The fraction of sp³-hybridized carbons (Fsp3) is 0.125. The third-order valence-corrected chi connectivity index (χ3v) is 3.72. The van der Waals surface area contributed by atoms with Crippen molar-refractivity contribution in [3.63, 3.8) is 0 Å². The first kappa shape index (κ1) is 17.0. The highest BCUT2D eigenvalue weighted by atomic mass is 16.6. The fourth-order valence-electron chi connectivity index (χ4n) is 2.34. The highest BCUT2D eigenvalue weighted by Crippen LogP contribution is 2.28. The first-order valence-electron chi connectivity index (χ1n) is 7.47. The van der Waals surface area contributed by atoms with Crippen molar-refractivity contribution in [2.45, 2.75) is 6.92 Å². The van der Waals surface area contributed by atoms with Crippen LogP contribution in [0, 0.1) is 17.0 Å². The SMILES string of the molecule is COc1ccc(C(=O)Nc2cc(-n3cnnn3)ccc2C)cc1[N+](=O)[O-]. The van der Waals surface area contributed by atoms with E-state index in [0.29, 0.717) is 11.4 Å². The van der Waals surface area contributed by atoms with Crippen molar-refractivity contribution >= 4 is 17.3 Å². The number of anilines is 1. The summed E-state index contributed by atoms with van der Waals surface area (Å²) in [5.74, 6) is -0.392. The molecule has 10 heteroatoms. The van der Waals surface area contributed by atoms with Crippen LogP contribution in [0.1, 0.15) is 15.9 Å². The lowest BCUT2D eigenvalue weighted by atomic mass is 10.1. The number of benzene rings is 2. The number of methoxy groups -OCH3 is 1. The molecular formula is C16H14N6O4. The van der Waals surface area contributed by atoms with Gasteiger partial charge in [-0.1, -0.05) is 6.07 Å². The zero-order chi connectivity index (χ0) is 18.7. The largest absolute Gasteiger partial charge is 0.490 e. The van der Waals surface area contributed by atoms with Crippen LogP contribution >= 0.6 is 0 Å². The summed E-state index contributed by atoms with van der Waals surface area (Å²) < 4.78 is 6.39. The first-order chi connectivity index (χ1) is 12.5. The van der Waals surface area contributed by atoms with Gasteiger partial charge in [-0.25, -0.2) is 4.68 Å². The average molecular weight is 354 g/mol. The number of hydrogen-bond donors (Lipinski definition) is 1. The van der Waals surface area contributed by atoms with Crippen LogP contribution in [-0.2, 0) is 0 Å². The summed E-state index contributed by atoms with van der Waals surface area (Å²) in [5.41, 5.74) is 1.89. The molecular weight excluding hydrogens is 340 g/mol. The van der Waals surface area contributed by atoms with E-state index in [4.69, 9.17) is 4.74 Å². The number of carbonyl (C=O) groups excluding carboxylic acids is 1. The average Bonchev–Trinajstić information content (AvgIpc) is 3.17. The van der Waals surface area contributed by atoms with Crippen molar-refractivity contribution in [2.24, 2.45) is 0 Å². The maximum atomic E-state index is 12.5. The third kappa shape index (κ3) is 3.34. The van der Waals surface area contributed by atoms with Crippen LogP contribution in [0.4, 0.5) is 11.4 Å². The molecule has 0 unspecified atom stereocenters. The van der Waals surface area contributed by atoms with Crippen LogP contribution < -0.4 is 10.1 Å². The fourth-order valence-corrected chi connectivity index (χ4v) is 2.34. The minimum absolute atomic E-state index is 0.0865. The number of aromatic nitrogens is 4. The monoisotopic (exact) mass is 354 g/mol. The van der Waals surface area contributed by atoms with E-state index in [1.54, 1.807) is 12.1 Å². The second-order valence-electron chi connectivity index (χ2n) is 5.35. The van der Waals surface area contributed by atoms with Gasteiger partial charge in [0, 0.05) is 17.3 Å². The lowest BCUT2D eigenvalue weighted by Crippen LogP contribution is -2.13. The molecule has 0 aliphatic rings. The van der Waals surface area contributed by atoms with Gasteiger partial charge in [-0.05, 0) is 47.2 Å². The number of nitrogens with one attached hydrogen (secondary N) is 1. The van der Waals surface area contributed by atoms with E-state index in [-0.39, 0.29) is 17.0 Å². The Labute approximate surface area is 147 Å². The van der Waals surface area contributed by atoms with Gasteiger partial charge in [-0.2, -0.15) is 0 Å². The zero-order valence-electron chi connectivity index (χ0n) is 13.9. The van der Waals surface area contributed by atoms with Gasteiger partial charge in [0.15, 0.2) is 5.75 Å². The molecule has 1 aromatic heterocycles. The first-order valence-corrected chi connectivity index (χ1v) is 7.47. The molecule has 3 rings (SSSR count). The van der Waals surface area contributed by atoms with Gasteiger partial charge in [0.25, 0.3) is 5.91 Å². The van der Waals surface area contributed by atoms with E-state index in [2.05, 4.69) is 20.8 Å². The molecule has 0 saturated carbocycles. The number of nitro groups is 1. The van der Waals surface area contributed by atoms with Crippen molar-refractivity contribution in [1.29, 1.82) is 0 Å². The van der Waals surface area contributed by atoms with E-state index >= 15 is 0 Å². The maximum Gasteiger partial charge on any atom is 0.311 e. The van der Waals surface area contributed by atoms with Gasteiger partial charge >= 0.3 is 5.69 Å². The molecule has 26 heavy (non-hydrogen) atoms. The molecule has 3 aromatic rings. The molecule has 1 heterocycles. The van der Waals surface area contributed by atoms with E-state index in [0.717, 1.165) is 5.56 Å². The summed E-state index contributed by atoms with van der Waals surface area (Å²) in [5, 5.41) is 24.8. The lowest BCUT2D eigenvalue weighted by molar-refractivity contribution is -0.385. The van der Waals surface area contributed by atoms with E-state index in [9.17, 15) is 14.9 Å². The number of carbonyl (C=O) groups is 1. The number of hydrogen-bond acceptors (Lipinski definition) is 7. The molecule has 0 spiro atoms. The second-order valence-corrected chi connectivity index (χ2v) is 5.35. The van der Waals surface area contributed by atoms with Gasteiger partial charge in [-0.15, -0.1) is 5.10 Å². The topological polar surface area (TPSA) is 125 Å². The summed E-state index contributed by atoms with van der Waals surface area (Å²) in [6.07, 6.45) is 1.43. The van der Waals surface area contributed by atoms with Gasteiger partial charge in [0.1, 0.15) is 6.33 Å². The second kappa shape index (κ2) is 6.97. The Morgan fingerprint density at radius 3 is 2.73 bits per heavy atom. The molecule has 1 N–H and O–H groups in total. The Hall–Kier alpha value is -3.82. The predicted molar refractivity (Wildman–Crippen MR) is 91.5 cm³/mol. The normalized spacial score (nSPS) is 10.4. The highest BCUT2D eigenvalue weighted by molar-refractivity contribution is 6.05. The van der Waals surface area contributed by atoms with E-state index in [1.807, 2.05) is 13.0 Å². The quantitative estimate of drug-likeness (QED) is 0.549. The zero-order valence-corrected chi connectivity index (χ0v) is 13.9. The number of tetrazole rings is 1. The smallest absolute Gasteiger partial charge is 0.311 e. The summed E-state index contributed by atoms with van der Waals surface area (Å²) in [4.78, 5) is 23.0. The standard InChI is InChI=1S/C16H14N6O4/c1-10-3-5-12(21-9-17-19-20-21)8-13(10)18-16(23)11-4-6-15(26-2)14(7-11)22(24)25/h3-9H,1-2H3,(H,18,23). The minimum Gasteiger partial charge on any atom is -0.490 e. The highest BCUT2D eigenvalue weighted by Gasteiger charge is 2.18. The molecule has 2 aromatic carbocycles. The molecule has 132 valence electrons. The van der Waals surface area contributed by atoms with E-state index in [1.165, 1.54) is 36.3 Å². The molecule has 0 atom stereocenters. The molecule has 1 amide bonds. The predicted octanol–water partition coefficient (Wildman–Crippen LogP) is 2.14. The summed E-state index contributed by atoms with van der Waals surface area (Å²) in [7, 11) is 1.33. The van der Waals surface area contributed by atoms with Crippen molar-refractivity contribution in [3.8, 4) is 11.4 Å². The molecule has 0 saturated heterocycles. The Balaban J connectivity index is 1.90. The van der Waals surface area contributed by atoms with E-state index < -0.39 is 10.8 Å². The van der Waals surface area contributed by atoms with Crippen LogP contribution in [0.2, 0.25) is 0 Å². The summed E-state index contributed by atoms with van der Waals surface area (Å²) in [6, 6.07) is 9.35. The van der Waals surface area contributed by atoms with Gasteiger partial charge in [0.2, 0.25) is 0 Å². The number of amides is 1. The molecule has 0 bridgehead atoms. The van der Waals surface area contributed by atoms with Crippen LogP contribution in [0.3, 0.4) is 0 Å². The van der Waals surface area contributed by atoms with Crippen molar-refractivity contribution < 1.29 is 14.5 Å². The van der Waals surface area contributed by atoms with Crippen molar-refractivity contribution in [2.75, 3.05) is 12.4 Å². The third-order valence-electron chi connectivity index (χ3n) is 3.72. The maximum absolute atomic E-state index is 12.5. The number of nitro benzene ring substituents is 1. The summed E-state index contributed by atoms with van der Waals surface area (Å²) in [6.45, 7) is 1.83. The Morgan fingerprint density at radius 1 is 1.27 bits per heavy atom. The molecule has 10 nitrogen and oxygen atoms in total. The molecule has 0 aliphatic carbocycles. The van der Waals surface area contributed by atoms with Crippen molar-refractivity contribution in [3.05, 3.63) is 64.0 Å².